The van der Waals surface area contributed by atoms with Crippen molar-refractivity contribution in [3.63, 3.8) is 0 Å². The normalized spacial score (nSPS) is 10.4. The first-order valence-electron chi connectivity index (χ1n) is 4.93. The van der Waals surface area contributed by atoms with E-state index in [1.54, 1.807) is 4.90 Å². The van der Waals surface area contributed by atoms with Crippen molar-refractivity contribution in [1.82, 2.24) is 4.98 Å². The first-order valence-corrected chi connectivity index (χ1v) is 5.69. The van der Waals surface area contributed by atoms with E-state index in [9.17, 15) is 0 Å². The fraction of sp³-hybridized carbons (Fsp3) is 0.444. The van der Waals surface area contributed by atoms with Crippen molar-refractivity contribution in [3.05, 3.63) is 16.1 Å². The molecule has 8 heteroatoms. The summed E-state index contributed by atoms with van der Waals surface area (Å²) in [7, 11) is 0. The fourth-order valence-electron chi connectivity index (χ4n) is 1.34. The number of halogens is 2. The lowest BCUT2D eigenvalue weighted by molar-refractivity contribution is 0.280. The van der Waals surface area contributed by atoms with E-state index in [2.05, 4.69) is 10.4 Å². The van der Waals surface area contributed by atoms with E-state index in [-0.39, 0.29) is 19.0 Å². The molecule has 0 saturated heterocycles. The Labute approximate surface area is 109 Å². The molecule has 0 atom stereocenters. The Morgan fingerprint density at radius 2 is 1.82 bits per heavy atom. The van der Waals surface area contributed by atoms with Crippen molar-refractivity contribution >= 4 is 34.8 Å². The standard InChI is InChI=1S/C9H14Cl2N4O2/c10-6-5-7(11)9(13-8(6)14-12)15(1-3-16)2-4-17/h5,16-17H,1-4,12H2,(H,13,14). The average molecular weight is 281 g/mol. The molecule has 0 spiro atoms. The number of pyridine rings is 1. The molecule has 0 unspecified atom stereocenters. The zero-order valence-corrected chi connectivity index (χ0v) is 10.5. The summed E-state index contributed by atoms with van der Waals surface area (Å²) >= 11 is 11.9. The van der Waals surface area contributed by atoms with Gasteiger partial charge in [0.1, 0.15) is 5.82 Å². The van der Waals surface area contributed by atoms with Gasteiger partial charge in [0, 0.05) is 13.1 Å². The van der Waals surface area contributed by atoms with Gasteiger partial charge in [-0.05, 0) is 6.07 Å². The summed E-state index contributed by atoms with van der Waals surface area (Å²) < 4.78 is 0. The summed E-state index contributed by atoms with van der Waals surface area (Å²) in [5.74, 6) is 5.95. The number of nitrogens with two attached hydrogens (primary N) is 1. The van der Waals surface area contributed by atoms with Crippen LogP contribution in [-0.4, -0.2) is 41.5 Å². The number of anilines is 2. The number of aliphatic hydroxyl groups is 2. The predicted octanol–water partition coefficient (Wildman–Crippen LogP) is 0.465. The number of aliphatic hydroxyl groups excluding tert-OH is 2. The number of rotatable bonds is 6. The summed E-state index contributed by atoms with van der Waals surface area (Å²) in [5, 5.41) is 18.5. The molecule has 0 aliphatic heterocycles. The molecular formula is C9H14Cl2N4O2. The zero-order chi connectivity index (χ0) is 12.8. The van der Waals surface area contributed by atoms with Crippen LogP contribution in [0.5, 0.6) is 0 Å². The Kier molecular flexibility index (Phi) is 5.73. The summed E-state index contributed by atoms with van der Waals surface area (Å²) in [6.45, 7) is 0.454. The number of hydrogen-bond acceptors (Lipinski definition) is 6. The van der Waals surface area contributed by atoms with Gasteiger partial charge >= 0.3 is 0 Å². The maximum Gasteiger partial charge on any atom is 0.161 e. The molecule has 0 fully saturated rings. The van der Waals surface area contributed by atoms with Gasteiger partial charge in [0.05, 0.1) is 23.3 Å². The van der Waals surface area contributed by atoms with Crippen molar-refractivity contribution in [2.45, 2.75) is 0 Å². The van der Waals surface area contributed by atoms with Crippen LogP contribution in [0.2, 0.25) is 10.0 Å². The molecule has 0 aromatic carbocycles. The predicted molar refractivity (Wildman–Crippen MR) is 68.5 cm³/mol. The number of hydrazine groups is 1. The number of nitrogens with one attached hydrogen (secondary N) is 1. The zero-order valence-electron chi connectivity index (χ0n) is 9.03. The molecule has 1 aromatic heterocycles. The van der Waals surface area contributed by atoms with Crippen LogP contribution in [-0.2, 0) is 0 Å². The first kappa shape index (κ1) is 14.3. The van der Waals surface area contributed by atoms with Gasteiger partial charge in [-0.25, -0.2) is 10.8 Å². The number of hydrogen-bond donors (Lipinski definition) is 4. The lowest BCUT2D eigenvalue weighted by atomic mass is 10.4. The monoisotopic (exact) mass is 280 g/mol. The van der Waals surface area contributed by atoms with Crippen LogP contribution < -0.4 is 16.2 Å². The van der Waals surface area contributed by atoms with Crippen LogP contribution in [0.3, 0.4) is 0 Å². The third-order valence-electron chi connectivity index (χ3n) is 2.09. The third kappa shape index (κ3) is 3.58. The third-order valence-corrected chi connectivity index (χ3v) is 2.65. The van der Waals surface area contributed by atoms with E-state index in [0.717, 1.165) is 0 Å². The Morgan fingerprint density at radius 3 is 2.29 bits per heavy atom. The molecule has 0 saturated carbocycles. The molecule has 0 radical (unpaired) electrons. The minimum Gasteiger partial charge on any atom is -0.395 e. The largest absolute Gasteiger partial charge is 0.395 e. The Morgan fingerprint density at radius 1 is 1.24 bits per heavy atom. The van der Waals surface area contributed by atoms with Crippen LogP contribution in [0.4, 0.5) is 11.6 Å². The molecular weight excluding hydrogens is 267 g/mol. The molecule has 1 heterocycles. The molecule has 96 valence electrons. The van der Waals surface area contributed by atoms with E-state index in [1.807, 2.05) is 0 Å². The molecule has 0 aliphatic rings. The van der Waals surface area contributed by atoms with Crippen LogP contribution in [0.15, 0.2) is 6.07 Å². The number of aromatic nitrogens is 1. The van der Waals surface area contributed by atoms with Crippen LogP contribution in [0.25, 0.3) is 0 Å². The molecule has 5 N–H and O–H groups in total. The SMILES string of the molecule is NNc1nc(N(CCO)CCO)c(Cl)cc1Cl. The maximum absolute atomic E-state index is 8.94. The van der Waals surface area contributed by atoms with E-state index < -0.39 is 0 Å². The van der Waals surface area contributed by atoms with E-state index >= 15 is 0 Å². The maximum atomic E-state index is 8.94. The molecule has 0 bridgehead atoms. The topological polar surface area (TPSA) is 94.6 Å². The fourth-order valence-corrected chi connectivity index (χ4v) is 1.88. The summed E-state index contributed by atoms with van der Waals surface area (Å²) in [6.07, 6.45) is 0. The van der Waals surface area contributed by atoms with Gasteiger partial charge in [-0.3, -0.25) is 0 Å². The highest BCUT2D eigenvalue weighted by Crippen LogP contribution is 2.30. The van der Waals surface area contributed by atoms with Gasteiger partial charge in [-0.15, -0.1) is 0 Å². The smallest absolute Gasteiger partial charge is 0.161 e. The van der Waals surface area contributed by atoms with Gasteiger partial charge in [0.25, 0.3) is 0 Å². The second-order valence-corrected chi connectivity index (χ2v) is 4.02. The van der Waals surface area contributed by atoms with Gasteiger partial charge in [0.2, 0.25) is 0 Å². The quantitative estimate of drug-likeness (QED) is 0.447. The van der Waals surface area contributed by atoms with E-state index in [0.29, 0.717) is 29.0 Å². The van der Waals surface area contributed by atoms with Gasteiger partial charge in [-0.2, -0.15) is 0 Å². The van der Waals surface area contributed by atoms with Gasteiger partial charge < -0.3 is 20.5 Å². The highest BCUT2D eigenvalue weighted by Gasteiger charge is 2.14. The lowest BCUT2D eigenvalue weighted by Crippen LogP contribution is -2.31. The Bertz CT molecular complexity index is 372. The highest BCUT2D eigenvalue weighted by atomic mass is 35.5. The average Bonchev–Trinajstić information content (AvgIpc) is 2.29. The molecule has 0 aliphatic carbocycles. The minimum absolute atomic E-state index is 0.0774. The number of nitrogens with zero attached hydrogens (tertiary/aromatic N) is 2. The van der Waals surface area contributed by atoms with Crippen molar-refractivity contribution in [2.24, 2.45) is 5.84 Å². The molecule has 1 rings (SSSR count). The van der Waals surface area contributed by atoms with Crippen molar-refractivity contribution in [1.29, 1.82) is 0 Å². The highest BCUT2D eigenvalue weighted by molar-refractivity contribution is 6.37. The van der Waals surface area contributed by atoms with Crippen molar-refractivity contribution < 1.29 is 10.2 Å². The second-order valence-electron chi connectivity index (χ2n) is 3.20. The summed E-state index contributed by atoms with van der Waals surface area (Å²) in [5.41, 5.74) is 2.35. The number of nitrogen functional groups attached to an aromatic ring is 1. The minimum atomic E-state index is -0.0774. The van der Waals surface area contributed by atoms with Crippen LogP contribution in [0, 0.1) is 0 Å². The van der Waals surface area contributed by atoms with E-state index in [1.165, 1.54) is 6.07 Å². The lowest BCUT2D eigenvalue weighted by Gasteiger charge is -2.23. The first-order chi connectivity index (χ1) is 8.13. The van der Waals surface area contributed by atoms with Crippen molar-refractivity contribution in [3.8, 4) is 0 Å². The van der Waals surface area contributed by atoms with Crippen LogP contribution in [0.1, 0.15) is 0 Å². The van der Waals surface area contributed by atoms with Crippen molar-refractivity contribution in [2.75, 3.05) is 36.6 Å². The molecule has 0 amide bonds. The Hall–Kier alpha value is -0.790. The summed E-state index contributed by atoms with van der Waals surface area (Å²) in [4.78, 5) is 5.77. The van der Waals surface area contributed by atoms with Crippen LogP contribution >= 0.6 is 23.2 Å². The van der Waals surface area contributed by atoms with Gasteiger partial charge in [0.15, 0.2) is 5.82 Å². The van der Waals surface area contributed by atoms with Gasteiger partial charge in [-0.1, -0.05) is 23.2 Å². The van der Waals surface area contributed by atoms with E-state index in [4.69, 9.17) is 39.3 Å². The summed E-state index contributed by atoms with van der Waals surface area (Å²) in [6, 6.07) is 1.50. The second kappa shape index (κ2) is 6.83. The molecule has 6 nitrogen and oxygen atoms in total. The Balaban J connectivity index is 3.08. The molecule has 17 heavy (non-hydrogen) atoms. The molecule has 1 aromatic rings.